The Morgan fingerprint density at radius 1 is 0.471 bits per heavy atom. The van der Waals surface area contributed by atoms with Gasteiger partial charge in [-0.2, -0.15) is 0 Å². The summed E-state index contributed by atoms with van der Waals surface area (Å²) in [5, 5.41) is 10.2. The highest BCUT2D eigenvalue weighted by Crippen LogP contribution is 2.36. The monoisotopic (exact) mass is 1150 g/mol. The number of rotatable bonds is 18. The summed E-state index contributed by atoms with van der Waals surface area (Å²) in [4.78, 5) is 43.4. The molecule has 0 spiro atoms. The lowest BCUT2D eigenvalue weighted by Crippen LogP contribution is -2.36. The van der Waals surface area contributed by atoms with Gasteiger partial charge in [0.15, 0.2) is 17.5 Å². The van der Waals surface area contributed by atoms with E-state index >= 15 is 0 Å². The number of fused-ring (bicyclic) bond motifs is 3. The summed E-state index contributed by atoms with van der Waals surface area (Å²) in [5.41, 5.74) is 21.3. The Labute approximate surface area is 510 Å². The van der Waals surface area contributed by atoms with Gasteiger partial charge in [0.25, 0.3) is 0 Å². The normalized spacial score (nSPS) is 14.5. The van der Waals surface area contributed by atoms with Crippen LogP contribution in [0.15, 0.2) is 222 Å². The number of allylic oxidation sites excluding steroid dienone is 4. The van der Waals surface area contributed by atoms with E-state index in [1.807, 2.05) is 123 Å². The van der Waals surface area contributed by atoms with Crippen molar-refractivity contribution in [1.29, 1.82) is 0 Å². The molecular formula is C73H71N13O. The second-order valence-electron chi connectivity index (χ2n) is 21.7. The summed E-state index contributed by atoms with van der Waals surface area (Å²) < 4.78 is 5.48. The fourth-order valence-corrected chi connectivity index (χ4v) is 11.0. The van der Waals surface area contributed by atoms with Gasteiger partial charge in [-0.3, -0.25) is 15.0 Å². The van der Waals surface area contributed by atoms with Gasteiger partial charge < -0.3 is 25.6 Å². The smallest absolute Gasteiger partial charge is 0.174 e. The zero-order chi connectivity index (χ0) is 60.1. The van der Waals surface area contributed by atoms with Gasteiger partial charge in [0.1, 0.15) is 0 Å². The average Bonchev–Trinajstić information content (AvgIpc) is 4.43. The molecule has 0 radical (unpaired) electrons. The second-order valence-corrected chi connectivity index (χ2v) is 21.7. The summed E-state index contributed by atoms with van der Waals surface area (Å²) >= 11 is 0. The number of benzene rings is 3. The summed E-state index contributed by atoms with van der Waals surface area (Å²) in [6, 6.07) is 39.7. The summed E-state index contributed by atoms with van der Waals surface area (Å²) in [6.45, 7) is 25.8. The Bertz CT molecular complexity index is 3990. The van der Waals surface area contributed by atoms with Crippen molar-refractivity contribution in [3.8, 4) is 0 Å². The topological polar surface area (TPSA) is 165 Å². The van der Waals surface area contributed by atoms with Crippen molar-refractivity contribution >= 4 is 39.5 Å². The van der Waals surface area contributed by atoms with Crippen LogP contribution in [0.2, 0.25) is 0 Å². The van der Waals surface area contributed by atoms with Crippen LogP contribution in [0.25, 0.3) is 33.8 Å². The molecule has 1 aliphatic heterocycles. The first kappa shape index (κ1) is 58.5. The molecule has 4 aliphatic rings. The molecule has 14 heteroatoms. The predicted octanol–water partition coefficient (Wildman–Crippen LogP) is 13.1. The number of morpholine rings is 1. The molecule has 13 rings (SSSR count). The number of nitrogens with one attached hydrogen (secondary N) is 3. The molecule has 0 saturated carbocycles. The van der Waals surface area contributed by atoms with Crippen molar-refractivity contribution < 1.29 is 4.74 Å². The van der Waals surface area contributed by atoms with Crippen LogP contribution in [0.4, 0.5) is 5.69 Å². The Kier molecular flexibility index (Phi) is 18.5. The molecular weight excluding hydrogens is 1070 g/mol. The largest absolute Gasteiger partial charge is 0.378 e. The molecule has 0 amide bonds. The van der Waals surface area contributed by atoms with Gasteiger partial charge in [-0.1, -0.05) is 141 Å². The number of hydrogen-bond acceptors (Lipinski definition) is 14. The van der Waals surface area contributed by atoms with Gasteiger partial charge in [0, 0.05) is 133 Å². The van der Waals surface area contributed by atoms with E-state index in [0.29, 0.717) is 28.9 Å². The predicted molar refractivity (Wildman–Crippen MR) is 349 cm³/mol. The lowest BCUT2D eigenvalue weighted by atomic mass is 10.0. The van der Waals surface area contributed by atoms with Crippen LogP contribution in [-0.2, 0) is 30.4 Å². The molecule has 6 aromatic heterocycles. The van der Waals surface area contributed by atoms with E-state index in [-0.39, 0.29) is 18.1 Å². The first-order valence-electron chi connectivity index (χ1n) is 29.5. The van der Waals surface area contributed by atoms with Crippen LogP contribution < -0.4 is 20.9 Å². The van der Waals surface area contributed by atoms with Crippen LogP contribution in [-0.4, -0.2) is 71.2 Å². The first-order chi connectivity index (χ1) is 42.6. The third-order valence-electron chi connectivity index (χ3n) is 15.8. The van der Waals surface area contributed by atoms with Crippen LogP contribution in [0.3, 0.4) is 0 Å². The van der Waals surface area contributed by atoms with Crippen LogP contribution >= 0.6 is 0 Å². The molecule has 3 aliphatic carbocycles. The molecule has 3 N–H and O–H groups in total. The summed E-state index contributed by atoms with van der Waals surface area (Å²) in [6.07, 6.45) is 28.8. The molecule has 7 heterocycles. The highest BCUT2D eigenvalue weighted by Gasteiger charge is 2.23. The highest BCUT2D eigenvalue weighted by molar-refractivity contribution is 5.86. The SMILES string of the molecule is C=C(N[C@@H](C)c1ccccc1)c1ncc(C2=CCc3ncc(N4CCOCC4)cc32)cn1.C=C(N[C@@H](C)c1ccccc1)c1ncc(C2=CCc3ncccc32)cn1.C=CCc1cnc2c(c1)C(c1cnc(C(=C)N[C@@H](C)c3ccccc3)nc1)=CC2. The maximum Gasteiger partial charge on any atom is 0.174 e. The Balaban J connectivity index is 0.000000136. The van der Waals surface area contributed by atoms with E-state index < -0.39 is 0 Å². The first-order valence-corrected chi connectivity index (χ1v) is 29.5. The minimum Gasteiger partial charge on any atom is -0.378 e. The summed E-state index contributed by atoms with van der Waals surface area (Å²) in [7, 11) is 0. The number of nitrogens with zero attached hydrogens (tertiary/aromatic N) is 10. The Morgan fingerprint density at radius 3 is 1.29 bits per heavy atom. The average molecular weight is 1150 g/mol. The van der Waals surface area contributed by atoms with E-state index in [2.05, 4.69) is 181 Å². The van der Waals surface area contributed by atoms with Crippen LogP contribution in [0.1, 0.15) is 129 Å². The van der Waals surface area contributed by atoms with Crippen LogP contribution in [0, 0.1) is 0 Å². The van der Waals surface area contributed by atoms with Crippen LogP contribution in [0.5, 0.6) is 0 Å². The van der Waals surface area contributed by atoms with E-state index in [4.69, 9.17) is 9.72 Å². The molecule has 3 atom stereocenters. The molecule has 434 valence electrons. The minimum atomic E-state index is 0.126. The van der Waals surface area contributed by atoms with Crippen molar-refractivity contribution in [1.82, 2.24) is 60.8 Å². The lowest BCUT2D eigenvalue weighted by Gasteiger charge is -2.29. The zero-order valence-electron chi connectivity index (χ0n) is 49.6. The third-order valence-corrected chi connectivity index (χ3v) is 15.8. The van der Waals surface area contributed by atoms with Crippen molar-refractivity contribution in [3.05, 3.63) is 312 Å². The minimum absolute atomic E-state index is 0.126. The Hall–Kier alpha value is -10.3. The zero-order valence-corrected chi connectivity index (χ0v) is 49.6. The van der Waals surface area contributed by atoms with Crippen molar-refractivity contribution in [2.45, 2.75) is 64.6 Å². The van der Waals surface area contributed by atoms with E-state index in [0.717, 1.165) is 125 Å². The van der Waals surface area contributed by atoms with E-state index in [1.165, 1.54) is 27.8 Å². The second kappa shape index (κ2) is 27.6. The van der Waals surface area contributed by atoms with Gasteiger partial charge >= 0.3 is 0 Å². The molecule has 0 unspecified atom stereocenters. The number of anilines is 1. The lowest BCUT2D eigenvalue weighted by molar-refractivity contribution is 0.122. The quantitative estimate of drug-likeness (QED) is 0.0695. The standard InChI is InChI=1S/C26H27N5O.C25H24N4.C22H20N4/c1-18(20-6-4-3-5-7-20)30-19(2)26-28-15-21(16-29-26)23-8-9-25-24(23)14-22(17-27-25)31-10-12-32-13-11-31;1-4-8-19-13-23-22(11-12-24(23)26-14-19)21-15-27-25(28-16-21)18(3)29-17(2)20-9-6-5-7-10-20;1-15(17-7-4-3-5-8-17)26-16(2)22-24-13-18(14-25-22)19-10-11-21-20(19)9-6-12-23-21/h3-8,14-18,30H,2,9-13H2,1H3;4-7,9-11,13-17,29H,1,3,8,12H2,2H3;3-10,12-15,26H,2,11H2,1H3/t18-;17-;15-/m000/s1. The van der Waals surface area contributed by atoms with Crippen molar-refractivity contribution in [3.63, 3.8) is 0 Å². The number of pyridine rings is 3. The van der Waals surface area contributed by atoms with E-state index in [1.54, 1.807) is 0 Å². The van der Waals surface area contributed by atoms with Gasteiger partial charge in [-0.05, 0) is 84.4 Å². The van der Waals surface area contributed by atoms with Gasteiger partial charge in [0.2, 0.25) is 0 Å². The van der Waals surface area contributed by atoms with Crippen molar-refractivity contribution in [2.24, 2.45) is 0 Å². The number of hydrogen-bond donors (Lipinski definition) is 3. The molecule has 0 bridgehead atoms. The maximum atomic E-state index is 5.48. The molecule has 1 fully saturated rings. The molecule has 1 saturated heterocycles. The Morgan fingerprint density at radius 2 is 0.862 bits per heavy atom. The number of aromatic nitrogens is 9. The van der Waals surface area contributed by atoms with Gasteiger partial charge in [-0.15, -0.1) is 6.58 Å². The maximum absolute atomic E-state index is 5.48. The number of ether oxygens (including phenoxy) is 1. The molecule has 3 aromatic carbocycles. The van der Waals surface area contributed by atoms with Gasteiger partial charge in [-0.25, -0.2) is 29.9 Å². The molecule has 9 aromatic rings. The fourth-order valence-electron chi connectivity index (χ4n) is 11.0. The molecule has 14 nitrogen and oxygen atoms in total. The molecule has 87 heavy (non-hydrogen) atoms. The van der Waals surface area contributed by atoms with Gasteiger partial charge in [0.05, 0.1) is 59.3 Å². The third kappa shape index (κ3) is 14.1. The highest BCUT2D eigenvalue weighted by atomic mass is 16.5. The van der Waals surface area contributed by atoms with E-state index in [9.17, 15) is 0 Å². The van der Waals surface area contributed by atoms with Crippen molar-refractivity contribution in [2.75, 3.05) is 31.2 Å². The fraction of sp³-hybridized carbons (Fsp3) is 0.192. The summed E-state index contributed by atoms with van der Waals surface area (Å²) in [5.74, 6) is 1.82.